The van der Waals surface area contributed by atoms with Gasteiger partial charge in [0.15, 0.2) is 0 Å². The van der Waals surface area contributed by atoms with Gasteiger partial charge in [0.05, 0.1) is 6.61 Å². The minimum Gasteiger partial charge on any atom is -0.478 e. The van der Waals surface area contributed by atoms with Crippen molar-refractivity contribution in [1.29, 1.82) is 0 Å². The van der Waals surface area contributed by atoms with Crippen LogP contribution in [0.1, 0.15) is 19.8 Å². The second kappa shape index (κ2) is 6.10. The van der Waals surface area contributed by atoms with E-state index in [1.165, 1.54) is 12.8 Å². The van der Waals surface area contributed by atoms with Crippen LogP contribution in [0.3, 0.4) is 0 Å². The molecule has 0 saturated carbocycles. The fraction of sp³-hybridized carbons (Fsp3) is 0.615. The molecule has 94 valence electrons. The highest BCUT2D eigenvalue weighted by atomic mass is 35.5. The van der Waals surface area contributed by atoms with E-state index in [9.17, 15) is 0 Å². The van der Waals surface area contributed by atoms with Gasteiger partial charge in [-0.3, -0.25) is 0 Å². The summed E-state index contributed by atoms with van der Waals surface area (Å²) in [6, 6.07) is 5.94. The molecule has 0 bridgehead atoms. The Bertz CT molecular complexity index is 359. The summed E-state index contributed by atoms with van der Waals surface area (Å²) in [5, 5.41) is 0. The zero-order valence-corrected chi connectivity index (χ0v) is 11.0. The van der Waals surface area contributed by atoms with Crippen molar-refractivity contribution in [2.75, 3.05) is 30.5 Å². The van der Waals surface area contributed by atoms with Crippen molar-refractivity contribution in [2.24, 2.45) is 5.92 Å². The SMILES string of the molecule is CCOc1cccc(N2CCCC(CCl)C2)n1. The van der Waals surface area contributed by atoms with Crippen LogP contribution in [0.4, 0.5) is 5.82 Å². The van der Waals surface area contributed by atoms with E-state index in [4.69, 9.17) is 16.3 Å². The molecule has 1 aliphatic rings. The molecule has 1 fully saturated rings. The number of piperidine rings is 1. The Balaban J connectivity index is 2.07. The normalized spacial score (nSPS) is 20.4. The highest BCUT2D eigenvalue weighted by molar-refractivity contribution is 6.18. The first kappa shape index (κ1) is 12.5. The minimum absolute atomic E-state index is 0.586. The Hall–Kier alpha value is -0.960. The van der Waals surface area contributed by atoms with Gasteiger partial charge in [0.1, 0.15) is 5.82 Å². The number of nitrogens with zero attached hydrogens (tertiary/aromatic N) is 2. The van der Waals surface area contributed by atoms with Gasteiger partial charge in [-0.15, -0.1) is 11.6 Å². The van der Waals surface area contributed by atoms with Gasteiger partial charge in [0, 0.05) is 25.0 Å². The summed E-state index contributed by atoms with van der Waals surface area (Å²) in [4.78, 5) is 6.82. The molecule has 1 atom stereocenters. The van der Waals surface area contributed by atoms with E-state index in [1.54, 1.807) is 0 Å². The maximum absolute atomic E-state index is 5.94. The van der Waals surface area contributed by atoms with Crippen molar-refractivity contribution in [3.05, 3.63) is 18.2 Å². The van der Waals surface area contributed by atoms with Gasteiger partial charge in [-0.1, -0.05) is 6.07 Å². The lowest BCUT2D eigenvalue weighted by Gasteiger charge is -2.32. The topological polar surface area (TPSA) is 25.4 Å². The number of alkyl halides is 1. The molecule has 1 aromatic heterocycles. The van der Waals surface area contributed by atoms with E-state index in [2.05, 4.69) is 9.88 Å². The van der Waals surface area contributed by atoms with E-state index >= 15 is 0 Å². The molecule has 1 unspecified atom stereocenters. The first-order valence-electron chi connectivity index (χ1n) is 6.24. The number of hydrogen-bond acceptors (Lipinski definition) is 3. The lowest BCUT2D eigenvalue weighted by Crippen LogP contribution is -2.36. The van der Waals surface area contributed by atoms with Gasteiger partial charge in [0.25, 0.3) is 0 Å². The van der Waals surface area contributed by atoms with Crippen molar-refractivity contribution in [3.8, 4) is 5.88 Å². The molecule has 0 amide bonds. The van der Waals surface area contributed by atoms with E-state index in [-0.39, 0.29) is 0 Å². The number of rotatable bonds is 4. The smallest absolute Gasteiger partial charge is 0.215 e. The quantitative estimate of drug-likeness (QED) is 0.773. The molecule has 1 saturated heterocycles. The van der Waals surface area contributed by atoms with Crippen molar-refractivity contribution in [3.63, 3.8) is 0 Å². The number of aromatic nitrogens is 1. The van der Waals surface area contributed by atoms with Crippen molar-refractivity contribution < 1.29 is 4.74 Å². The van der Waals surface area contributed by atoms with Crippen LogP contribution in [0.25, 0.3) is 0 Å². The fourth-order valence-electron chi connectivity index (χ4n) is 2.21. The molecule has 1 aliphatic heterocycles. The monoisotopic (exact) mass is 254 g/mol. The molecule has 0 aromatic carbocycles. The molecule has 2 heterocycles. The summed E-state index contributed by atoms with van der Waals surface area (Å²) in [5.74, 6) is 3.04. The minimum atomic E-state index is 0.586. The van der Waals surface area contributed by atoms with Crippen LogP contribution in [-0.2, 0) is 0 Å². The molecule has 17 heavy (non-hydrogen) atoms. The summed E-state index contributed by atoms with van der Waals surface area (Å²) in [5.41, 5.74) is 0. The van der Waals surface area contributed by atoms with Crippen LogP contribution in [0.2, 0.25) is 0 Å². The van der Waals surface area contributed by atoms with Crippen LogP contribution in [0.5, 0.6) is 5.88 Å². The van der Waals surface area contributed by atoms with Crippen LogP contribution in [0, 0.1) is 5.92 Å². The molecular formula is C13H19ClN2O. The Labute approximate surface area is 108 Å². The predicted octanol–water partition coefficient (Wildman–Crippen LogP) is 2.94. The molecule has 3 nitrogen and oxygen atoms in total. The molecule has 4 heteroatoms. The number of halogens is 1. The first-order valence-corrected chi connectivity index (χ1v) is 6.77. The summed E-state index contributed by atoms with van der Waals surface area (Å²) >= 11 is 5.94. The van der Waals surface area contributed by atoms with Crippen molar-refractivity contribution >= 4 is 17.4 Å². The van der Waals surface area contributed by atoms with Gasteiger partial charge in [-0.05, 0) is 31.7 Å². The molecule has 0 radical (unpaired) electrons. The maximum Gasteiger partial charge on any atom is 0.215 e. The summed E-state index contributed by atoms with van der Waals surface area (Å²) in [7, 11) is 0. The largest absolute Gasteiger partial charge is 0.478 e. The summed E-state index contributed by atoms with van der Waals surface area (Å²) in [6.07, 6.45) is 2.42. The average molecular weight is 255 g/mol. The Morgan fingerprint density at radius 3 is 3.18 bits per heavy atom. The summed E-state index contributed by atoms with van der Waals surface area (Å²) < 4.78 is 5.43. The Kier molecular flexibility index (Phi) is 4.49. The van der Waals surface area contributed by atoms with Gasteiger partial charge >= 0.3 is 0 Å². The molecule has 2 rings (SSSR count). The lowest BCUT2D eigenvalue weighted by molar-refractivity contribution is 0.326. The average Bonchev–Trinajstić information content (AvgIpc) is 2.40. The number of ether oxygens (including phenoxy) is 1. The highest BCUT2D eigenvalue weighted by Crippen LogP contribution is 2.23. The van der Waals surface area contributed by atoms with Crippen LogP contribution in [0.15, 0.2) is 18.2 Å². The maximum atomic E-state index is 5.94. The number of hydrogen-bond donors (Lipinski definition) is 0. The summed E-state index contributed by atoms with van der Waals surface area (Å²) in [6.45, 7) is 4.70. The third-order valence-corrected chi connectivity index (χ3v) is 3.50. The fourth-order valence-corrected chi connectivity index (χ4v) is 2.46. The standard InChI is InChI=1S/C13H19ClN2O/c1-2-17-13-7-3-6-12(15-13)16-8-4-5-11(9-14)10-16/h3,6-7,11H,2,4-5,8-10H2,1H3. The van der Waals surface area contributed by atoms with E-state index in [0.29, 0.717) is 18.4 Å². The Morgan fingerprint density at radius 1 is 1.53 bits per heavy atom. The van der Waals surface area contributed by atoms with Crippen LogP contribution < -0.4 is 9.64 Å². The lowest BCUT2D eigenvalue weighted by atomic mass is 10.0. The van der Waals surface area contributed by atoms with E-state index in [1.807, 2.05) is 25.1 Å². The van der Waals surface area contributed by atoms with Gasteiger partial charge in [0.2, 0.25) is 5.88 Å². The zero-order chi connectivity index (χ0) is 12.1. The van der Waals surface area contributed by atoms with E-state index < -0.39 is 0 Å². The third-order valence-electron chi connectivity index (χ3n) is 3.06. The predicted molar refractivity (Wildman–Crippen MR) is 71.1 cm³/mol. The molecule has 0 N–H and O–H groups in total. The molecular weight excluding hydrogens is 236 g/mol. The Morgan fingerprint density at radius 2 is 2.41 bits per heavy atom. The van der Waals surface area contributed by atoms with Crippen molar-refractivity contribution in [1.82, 2.24) is 4.98 Å². The molecule has 0 aliphatic carbocycles. The van der Waals surface area contributed by atoms with Crippen LogP contribution >= 0.6 is 11.6 Å². The first-order chi connectivity index (χ1) is 8.33. The second-order valence-electron chi connectivity index (χ2n) is 4.38. The third kappa shape index (κ3) is 3.25. The van der Waals surface area contributed by atoms with Gasteiger partial charge < -0.3 is 9.64 Å². The number of anilines is 1. The number of pyridine rings is 1. The second-order valence-corrected chi connectivity index (χ2v) is 4.68. The van der Waals surface area contributed by atoms with Crippen molar-refractivity contribution in [2.45, 2.75) is 19.8 Å². The highest BCUT2D eigenvalue weighted by Gasteiger charge is 2.20. The molecule has 0 spiro atoms. The van der Waals surface area contributed by atoms with Gasteiger partial charge in [-0.2, -0.15) is 4.98 Å². The molecule has 1 aromatic rings. The zero-order valence-electron chi connectivity index (χ0n) is 10.2. The van der Waals surface area contributed by atoms with Gasteiger partial charge in [-0.25, -0.2) is 0 Å². The van der Waals surface area contributed by atoms with E-state index in [0.717, 1.165) is 24.8 Å². The van der Waals surface area contributed by atoms with Crippen LogP contribution in [-0.4, -0.2) is 30.6 Å².